The minimum atomic E-state index is -1.01. The smallest absolute Gasteiger partial charge is 0.324 e. The van der Waals surface area contributed by atoms with Crippen molar-refractivity contribution in [1.29, 1.82) is 0 Å². The molecule has 37 heavy (non-hydrogen) atoms. The maximum absolute atomic E-state index is 13.6. The van der Waals surface area contributed by atoms with Gasteiger partial charge in [-0.3, -0.25) is 19.3 Å². The van der Waals surface area contributed by atoms with Crippen molar-refractivity contribution in [3.63, 3.8) is 0 Å². The van der Waals surface area contributed by atoms with E-state index in [2.05, 4.69) is 10.6 Å². The van der Waals surface area contributed by atoms with E-state index in [0.717, 1.165) is 16.0 Å². The summed E-state index contributed by atoms with van der Waals surface area (Å²) in [7, 11) is 1.56. The summed E-state index contributed by atoms with van der Waals surface area (Å²) in [6, 6.07) is 14.1. The van der Waals surface area contributed by atoms with E-state index in [1.165, 1.54) is 0 Å². The molecule has 0 spiro atoms. The van der Waals surface area contributed by atoms with Crippen molar-refractivity contribution in [1.82, 2.24) is 15.5 Å². The summed E-state index contributed by atoms with van der Waals surface area (Å²) >= 11 is 0. The average Bonchev–Trinajstić information content (AvgIpc) is 3.57. The monoisotopic (exact) mass is 507 g/mol. The van der Waals surface area contributed by atoms with Crippen LogP contribution in [0.3, 0.4) is 0 Å². The summed E-state index contributed by atoms with van der Waals surface area (Å²) in [5, 5.41) is 5.59. The van der Waals surface area contributed by atoms with Crippen LogP contribution in [0.4, 0.5) is 4.79 Å². The number of benzene rings is 2. The van der Waals surface area contributed by atoms with Crippen LogP contribution in [0.25, 0.3) is 0 Å². The van der Waals surface area contributed by atoms with Gasteiger partial charge >= 0.3 is 6.03 Å². The van der Waals surface area contributed by atoms with Crippen molar-refractivity contribution in [2.24, 2.45) is 5.92 Å². The Morgan fingerprint density at radius 1 is 1.03 bits per heavy atom. The Bertz CT molecular complexity index is 1150. The van der Waals surface area contributed by atoms with Crippen molar-refractivity contribution >= 4 is 23.6 Å². The molecule has 0 saturated carbocycles. The van der Waals surface area contributed by atoms with Gasteiger partial charge in [0.15, 0.2) is 5.78 Å². The van der Waals surface area contributed by atoms with Crippen molar-refractivity contribution < 1.29 is 28.7 Å². The Labute approximate surface area is 216 Å². The lowest BCUT2D eigenvalue weighted by Crippen LogP contribution is -2.56. The van der Waals surface area contributed by atoms with Crippen molar-refractivity contribution in [3.8, 4) is 5.75 Å². The molecule has 2 heterocycles. The Morgan fingerprint density at radius 2 is 1.65 bits per heavy atom. The number of hydrogen-bond acceptors (Lipinski definition) is 6. The normalized spacial score (nSPS) is 22.2. The molecule has 2 saturated heterocycles. The van der Waals surface area contributed by atoms with Gasteiger partial charge in [0, 0.05) is 18.9 Å². The van der Waals surface area contributed by atoms with Gasteiger partial charge in [-0.1, -0.05) is 49.4 Å². The van der Waals surface area contributed by atoms with Crippen LogP contribution in [-0.2, 0) is 32.0 Å². The molecule has 2 aliphatic rings. The van der Waals surface area contributed by atoms with Gasteiger partial charge in [-0.05, 0) is 43.0 Å². The minimum absolute atomic E-state index is 0.166. The number of ether oxygens (including phenoxy) is 2. The third kappa shape index (κ3) is 6.35. The van der Waals surface area contributed by atoms with Crippen molar-refractivity contribution in [2.45, 2.75) is 50.8 Å². The molecular formula is C28H33N3O6. The van der Waals surface area contributed by atoms with E-state index >= 15 is 0 Å². The Kier molecular flexibility index (Phi) is 7.92. The van der Waals surface area contributed by atoms with Crippen LogP contribution >= 0.6 is 0 Å². The van der Waals surface area contributed by atoms with E-state index in [9.17, 15) is 19.2 Å². The number of imide groups is 1. The number of urea groups is 1. The number of nitrogens with zero attached hydrogens (tertiary/aromatic N) is 1. The van der Waals surface area contributed by atoms with Gasteiger partial charge in [0.25, 0.3) is 0 Å². The highest BCUT2D eigenvalue weighted by Gasteiger charge is 2.50. The van der Waals surface area contributed by atoms with Crippen molar-refractivity contribution in [3.05, 3.63) is 65.7 Å². The molecule has 0 radical (unpaired) electrons. The van der Waals surface area contributed by atoms with E-state index in [1.54, 1.807) is 45.2 Å². The lowest BCUT2D eigenvalue weighted by atomic mass is 9.94. The fourth-order valence-electron chi connectivity index (χ4n) is 4.41. The summed E-state index contributed by atoms with van der Waals surface area (Å²) in [5.41, 5.74) is 0.739. The molecule has 2 fully saturated rings. The zero-order valence-electron chi connectivity index (χ0n) is 21.4. The second-order valence-electron chi connectivity index (χ2n) is 9.87. The topological polar surface area (TPSA) is 117 Å². The predicted molar refractivity (Wildman–Crippen MR) is 136 cm³/mol. The van der Waals surface area contributed by atoms with Gasteiger partial charge < -0.3 is 20.1 Å². The Balaban J connectivity index is 1.54. The molecule has 4 amide bonds. The van der Waals surface area contributed by atoms with Crippen LogP contribution in [0.1, 0.15) is 31.4 Å². The third-order valence-corrected chi connectivity index (χ3v) is 6.95. The summed E-state index contributed by atoms with van der Waals surface area (Å²) in [6.07, 6.45) is 1.03. The molecule has 2 aliphatic heterocycles. The number of amides is 4. The molecule has 0 bridgehead atoms. The number of methoxy groups -OCH3 is 1. The average molecular weight is 508 g/mol. The van der Waals surface area contributed by atoms with Crippen LogP contribution < -0.4 is 15.4 Å². The van der Waals surface area contributed by atoms with Crippen LogP contribution in [0.2, 0.25) is 0 Å². The third-order valence-electron chi connectivity index (χ3n) is 6.95. The first kappa shape index (κ1) is 26.3. The molecule has 0 aromatic heterocycles. The first-order valence-corrected chi connectivity index (χ1v) is 12.5. The quantitative estimate of drug-likeness (QED) is 0.477. The van der Waals surface area contributed by atoms with E-state index < -0.39 is 29.6 Å². The molecule has 9 heteroatoms. The van der Waals surface area contributed by atoms with E-state index in [-0.39, 0.29) is 30.4 Å². The fraction of sp³-hybridized carbons (Fsp3) is 0.429. The van der Waals surface area contributed by atoms with E-state index in [4.69, 9.17) is 9.47 Å². The molecule has 2 N–H and O–H groups in total. The molecular weight excluding hydrogens is 474 g/mol. The van der Waals surface area contributed by atoms with Gasteiger partial charge in [-0.25, -0.2) is 4.79 Å². The minimum Gasteiger partial charge on any atom is -0.497 e. The number of carbonyl (C=O) groups excluding carboxylic acids is 4. The van der Waals surface area contributed by atoms with E-state index in [0.29, 0.717) is 25.3 Å². The molecule has 196 valence electrons. The van der Waals surface area contributed by atoms with Crippen molar-refractivity contribution in [2.75, 3.05) is 20.3 Å². The maximum atomic E-state index is 13.6. The molecule has 9 nitrogen and oxygen atoms in total. The van der Waals surface area contributed by atoms with Crippen LogP contribution in [0.5, 0.6) is 5.75 Å². The number of likely N-dealkylation sites (tertiary alicyclic amines) is 1. The Morgan fingerprint density at radius 3 is 2.22 bits per heavy atom. The highest BCUT2D eigenvalue weighted by molar-refractivity contribution is 6.00. The fourth-order valence-corrected chi connectivity index (χ4v) is 4.41. The van der Waals surface area contributed by atoms with Gasteiger partial charge in [0.2, 0.25) is 11.8 Å². The lowest BCUT2D eigenvalue weighted by Gasteiger charge is -2.25. The number of Topliss-reactive ketones (excluding diaryl/α,β-unsaturated/α-hetero) is 1. The van der Waals surface area contributed by atoms with Gasteiger partial charge in [0.1, 0.15) is 17.4 Å². The number of nitrogens with one attached hydrogen (secondary N) is 2. The summed E-state index contributed by atoms with van der Waals surface area (Å²) < 4.78 is 10.6. The SMILES string of the molecule is COc1ccc(C[C@H](NC(=O)N2CC[C@@H](C)C2=O)C(=O)N[C@@H](Cc2ccccc2)C(=O)[C@@]2(C)CO2)cc1. The maximum Gasteiger partial charge on any atom is 0.324 e. The first-order chi connectivity index (χ1) is 17.7. The summed E-state index contributed by atoms with van der Waals surface area (Å²) in [6.45, 7) is 4.08. The second-order valence-corrected chi connectivity index (χ2v) is 9.87. The van der Waals surface area contributed by atoms with Crippen LogP contribution in [0, 0.1) is 5.92 Å². The number of epoxide rings is 1. The highest BCUT2D eigenvalue weighted by Crippen LogP contribution is 2.29. The molecule has 2 aromatic carbocycles. The molecule has 4 atom stereocenters. The van der Waals surface area contributed by atoms with Crippen LogP contribution in [-0.4, -0.2) is 66.5 Å². The highest BCUT2D eigenvalue weighted by atomic mass is 16.6. The largest absolute Gasteiger partial charge is 0.497 e. The molecule has 0 unspecified atom stereocenters. The molecule has 2 aromatic rings. The number of carbonyl (C=O) groups is 4. The zero-order chi connectivity index (χ0) is 26.6. The van der Waals surface area contributed by atoms with Crippen LogP contribution in [0.15, 0.2) is 54.6 Å². The second kappa shape index (κ2) is 11.1. The predicted octanol–water partition coefficient (Wildman–Crippen LogP) is 2.27. The summed E-state index contributed by atoms with van der Waals surface area (Å²) in [5.74, 6) is -0.578. The first-order valence-electron chi connectivity index (χ1n) is 12.5. The van der Waals surface area contributed by atoms with E-state index in [1.807, 2.05) is 30.3 Å². The van der Waals surface area contributed by atoms with Gasteiger partial charge in [0.05, 0.1) is 19.8 Å². The number of rotatable bonds is 10. The number of hydrogen-bond donors (Lipinski definition) is 2. The lowest BCUT2D eigenvalue weighted by molar-refractivity contribution is -0.131. The summed E-state index contributed by atoms with van der Waals surface area (Å²) in [4.78, 5) is 53.4. The Hall–Kier alpha value is -3.72. The molecule has 4 rings (SSSR count). The van der Waals surface area contributed by atoms with Gasteiger partial charge in [-0.2, -0.15) is 0 Å². The van der Waals surface area contributed by atoms with Gasteiger partial charge in [-0.15, -0.1) is 0 Å². The zero-order valence-corrected chi connectivity index (χ0v) is 21.4. The standard InChI is InChI=1S/C28H33N3O6/c1-18-13-14-31(26(18)34)27(35)30-23(16-20-9-11-21(36-3)12-10-20)25(33)29-22(24(32)28(2)17-37-28)15-19-7-5-4-6-8-19/h4-12,18,22-23H,13-17H2,1-3H3,(H,29,33)(H,30,35)/t18-,22+,23+,28-/m1/s1. The molecule has 0 aliphatic carbocycles. The number of ketones is 1.